The molecule has 6 rings (SSSR count). The van der Waals surface area contributed by atoms with Crippen molar-refractivity contribution in [3.63, 3.8) is 0 Å². The molecule has 6 aromatic rings. The molecule has 212 valence electrons. The molecule has 0 aliphatic rings. The molecule has 10 nitrogen and oxygen atoms in total. The Labute approximate surface area is 247 Å². The van der Waals surface area contributed by atoms with Crippen molar-refractivity contribution in [2.45, 2.75) is 32.7 Å². The molecule has 43 heavy (non-hydrogen) atoms. The van der Waals surface area contributed by atoms with E-state index in [4.69, 9.17) is 9.72 Å². The Kier molecular flexibility index (Phi) is 7.70. The third-order valence-corrected chi connectivity index (χ3v) is 7.11. The summed E-state index contributed by atoms with van der Waals surface area (Å²) in [7, 11) is 0. The van der Waals surface area contributed by atoms with Gasteiger partial charge in [-0.25, -0.2) is 24.9 Å². The predicted molar refractivity (Wildman–Crippen MR) is 165 cm³/mol. The standard InChI is InChI=1S/C33H28N8O2/c1-3-9-28(39-30-25-16-21(17-34)14-15-26(25)37-20-38-30)31-40-27-13-8-12-24(22-18-35-33(36-19-22)43-4-2)29(27)32(42)41(31)23-10-6-5-7-11-23/h5-8,10-16,18-20,28H,3-4,9H2,1-2H3,(H,37,38,39)/t28-/m0/s1. The van der Waals surface area contributed by atoms with Gasteiger partial charge in [0.25, 0.3) is 5.56 Å². The van der Waals surface area contributed by atoms with Crippen LogP contribution in [0, 0.1) is 11.3 Å². The number of nitrogens with one attached hydrogen (secondary N) is 1. The van der Waals surface area contributed by atoms with E-state index >= 15 is 0 Å². The lowest BCUT2D eigenvalue weighted by atomic mass is 10.0. The minimum atomic E-state index is -0.386. The minimum absolute atomic E-state index is 0.210. The molecule has 0 fully saturated rings. The summed E-state index contributed by atoms with van der Waals surface area (Å²) in [5.41, 5.74) is 3.62. The highest BCUT2D eigenvalue weighted by Crippen LogP contribution is 2.31. The van der Waals surface area contributed by atoms with Crippen LogP contribution >= 0.6 is 0 Å². The summed E-state index contributed by atoms with van der Waals surface area (Å²) in [6, 6.07) is 22.5. The molecular weight excluding hydrogens is 540 g/mol. The Morgan fingerprint density at radius 3 is 2.51 bits per heavy atom. The van der Waals surface area contributed by atoms with Gasteiger partial charge in [0.2, 0.25) is 0 Å². The molecule has 1 atom stereocenters. The van der Waals surface area contributed by atoms with Gasteiger partial charge in [-0.1, -0.05) is 43.7 Å². The summed E-state index contributed by atoms with van der Waals surface area (Å²) in [5.74, 6) is 1.11. The molecule has 0 amide bonds. The molecule has 0 radical (unpaired) electrons. The molecule has 1 N–H and O–H groups in total. The van der Waals surface area contributed by atoms with Crippen molar-refractivity contribution < 1.29 is 4.74 Å². The van der Waals surface area contributed by atoms with Crippen molar-refractivity contribution in [3.05, 3.63) is 107 Å². The van der Waals surface area contributed by atoms with E-state index in [9.17, 15) is 10.1 Å². The molecule has 3 heterocycles. The monoisotopic (exact) mass is 568 g/mol. The highest BCUT2D eigenvalue weighted by Gasteiger charge is 2.24. The second kappa shape index (κ2) is 12.0. The van der Waals surface area contributed by atoms with E-state index in [0.29, 0.717) is 63.5 Å². The third-order valence-electron chi connectivity index (χ3n) is 7.11. The van der Waals surface area contributed by atoms with Crippen LogP contribution in [0.2, 0.25) is 0 Å². The maximum atomic E-state index is 14.5. The number of hydrogen-bond donors (Lipinski definition) is 1. The summed E-state index contributed by atoms with van der Waals surface area (Å²) in [6.45, 7) is 4.41. The fourth-order valence-corrected chi connectivity index (χ4v) is 5.17. The van der Waals surface area contributed by atoms with Crippen LogP contribution in [-0.2, 0) is 0 Å². The zero-order chi connectivity index (χ0) is 29.8. The molecule has 0 unspecified atom stereocenters. The Morgan fingerprint density at radius 1 is 0.953 bits per heavy atom. The van der Waals surface area contributed by atoms with Gasteiger partial charge >= 0.3 is 6.01 Å². The Hall–Kier alpha value is -5.69. The third kappa shape index (κ3) is 5.36. The summed E-state index contributed by atoms with van der Waals surface area (Å²) in [5, 5.41) is 14.2. The maximum absolute atomic E-state index is 14.5. The van der Waals surface area contributed by atoms with Gasteiger partial charge in [-0.05, 0) is 55.3 Å². The van der Waals surface area contributed by atoms with Crippen LogP contribution in [0.4, 0.5) is 5.82 Å². The summed E-state index contributed by atoms with van der Waals surface area (Å²) >= 11 is 0. The second-order valence-corrected chi connectivity index (χ2v) is 9.88. The van der Waals surface area contributed by atoms with Crippen LogP contribution in [0.1, 0.15) is 44.1 Å². The number of nitrogens with zero attached hydrogens (tertiary/aromatic N) is 7. The molecule has 0 spiro atoms. The van der Waals surface area contributed by atoms with E-state index in [0.717, 1.165) is 11.8 Å². The Morgan fingerprint density at radius 2 is 1.77 bits per heavy atom. The number of benzene rings is 3. The average Bonchev–Trinajstić information content (AvgIpc) is 3.05. The van der Waals surface area contributed by atoms with Gasteiger partial charge in [0.05, 0.1) is 46.4 Å². The number of rotatable bonds is 9. The van der Waals surface area contributed by atoms with Gasteiger partial charge in [0.1, 0.15) is 18.0 Å². The lowest BCUT2D eigenvalue weighted by Crippen LogP contribution is -2.29. The topological polar surface area (TPSA) is 132 Å². The average molecular weight is 569 g/mol. The number of fused-ring (bicyclic) bond motifs is 2. The Bertz CT molecular complexity index is 2020. The molecule has 0 saturated heterocycles. The van der Waals surface area contributed by atoms with Crippen molar-refractivity contribution in [2.24, 2.45) is 0 Å². The molecule has 0 saturated carbocycles. The molecule has 0 bridgehead atoms. The van der Waals surface area contributed by atoms with Crippen molar-refractivity contribution in [2.75, 3.05) is 11.9 Å². The van der Waals surface area contributed by atoms with Gasteiger partial charge < -0.3 is 10.1 Å². The van der Waals surface area contributed by atoms with Crippen LogP contribution < -0.4 is 15.6 Å². The van der Waals surface area contributed by atoms with E-state index in [1.807, 2.05) is 55.5 Å². The number of aromatic nitrogens is 6. The number of anilines is 1. The molecule has 0 aliphatic heterocycles. The first-order valence-corrected chi connectivity index (χ1v) is 14.1. The van der Waals surface area contributed by atoms with Crippen molar-refractivity contribution >= 4 is 27.6 Å². The van der Waals surface area contributed by atoms with Crippen LogP contribution in [0.15, 0.2) is 90.2 Å². The van der Waals surface area contributed by atoms with Crippen LogP contribution in [-0.4, -0.2) is 36.1 Å². The quantitative estimate of drug-likeness (QED) is 0.223. The summed E-state index contributed by atoms with van der Waals surface area (Å²) < 4.78 is 7.07. The van der Waals surface area contributed by atoms with Crippen molar-refractivity contribution in [1.29, 1.82) is 5.26 Å². The fraction of sp³-hybridized carbons (Fsp3) is 0.182. The minimum Gasteiger partial charge on any atom is -0.464 e. The van der Waals surface area contributed by atoms with E-state index in [1.165, 1.54) is 6.33 Å². The lowest BCUT2D eigenvalue weighted by Gasteiger charge is -2.24. The normalized spacial score (nSPS) is 11.7. The first kappa shape index (κ1) is 27.5. The highest BCUT2D eigenvalue weighted by atomic mass is 16.5. The fourth-order valence-electron chi connectivity index (χ4n) is 5.17. The predicted octanol–water partition coefficient (Wildman–Crippen LogP) is 6.01. The van der Waals surface area contributed by atoms with Crippen LogP contribution in [0.5, 0.6) is 6.01 Å². The van der Waals surface area contributed by atoms with Crippen molar-refractivity contribution in [1.82, 2.24) is 29.5 Å². The van der Waals surface area contributed by atoms with E-state index in [-0.39, 0.29) is 17.6 Å². The Balaban J connectivity index is 1.56. The van der Waals surface area contributed by atoms with E-state index in [1.54, 1.807) is 35.2 Å². The van der Waals surface area contributed by atoms with Crippen LogP contribution in [0.3, 0.4) is 0 Å². The number of para-hydroxylation sites is 1. The molecule has 3 aromatic heterocycles. The highest BCUT2D eigenvalue weighted by molar-refractivity contribution is 5.94. The molecule has 3 aromatic carbocycles. The smallest absolute Gasteiger partial charge is 0.316 e. The summed E-state index contributed by atoms with van der Waals surface area (Å²) in [6.07, 6.45) is 6.29. The second-order valence-electron chi connectivity index (χ2n) is 9.88. The van der Waals surface area contributed by atoms with Gasteiger partial charge in [-0.3, -0.25) is 9.36 Å². The SMILES string of the molecule is CCC[C@H](Nc1ncnc2ccc(C#N)cc12)c1nc2cccc(-c3cnc(OCC)nc3)c2c(=O)n1-c1ccccc1. The van der Waals surface area contributed by atoms with Gasteiger partial charge in [-0.15, -0.1) is 0 Å². The van der Waals surface area contributed by atoms with E-state index in [2.05, 4.69) is 38.2 Å². The first-order valence-electron chi connectivity index (χ1n) is 14.1. The van der Waals surface area contributed by atoms with Crippen LogP contribution in [0.25, 0.3) is 38.6 Å². The number of hydrogen-bond acceptors (Lipinski definition) is 9. The largest absolute Gasteiger partial charge is 0.464 e. The van der Waals surface area contributed by atoms with Crippen molar-refractivity contribution in [3.8, 4) is 28.9 Å². The summed E-state index contributed by atoms with van der Waals surface area (Å²) in [4.78, 5) is 37.2. The van der Waals surface area contributed by atoms with Gasteiger partial charge in [-0.2, -0.15) is 5.26 Å². The van der Waals surface area contributed by atoms with Gasteiger partial charge in [0.15, 0.2) is 0 Å². The molecule has 0 aliphatic carbocycles. The number of nitriles is 1. The lowest BCUT2D eigenvalue weighted by molar-refractivity contribution is 0.312. The zero-order valence-corrected chi connectivity index (χ0v) is 23.7. The zero-order valence-electron chi connectivity index (χ0n) is 23.7. The maximum Gasteiger partial charge on any atom is 0.316 e. The van der Waals surface area contributed by atoms with E-state index < -0.39 is 0 Å². The molecular formula is C33H28N8O2. The number of ether oxygens (including phenoxy) is 1. The van der Waals surface area contributed by atoms with Gasteiger partial charge in [0, 0.05) is 23.3 Å². The molecule has 10 heteroatoms. The first-order chi connectivity index (χ1) is 21.1.